The van der Waals surface area contributed by atoms with Crippen LogP contribution in [-0.4, -0.2) is 44.4 Å². The van der Waals surface area contributed by atoms with E-state index >= 15 is 0 Å². The molecule has 0 radical (unpaired) electrons. The van der Waals surface area contributed by atoms with Gasteiger partial charge < -0.3 is 14.4 Å². The average molecular weight is 273 g/mol. The van der Waals surface area contributed by atoms with Gasteiger partial charge in [0.1, 0.15) is 5.65 Å². The molecule has 2 atom stereocenters. The summed E-state index contributed by atoms with van der Waals surface area (Å²) in [7, 11) is 0. The van der Waals surface area contributed by atoms with Gasteiger partial charge in [0, 0.05) is 31.7 Å². The third-order valence-electron chi connectivity index (χ3n) is 3.85. The number of carboxylic acids is 1. The van der Waals surface area contributed by atoms with Gasteiger partial charge in [0.25, 0.3) is 5.91 Å². The normalized spacial score (nSPS) is 22.4. The molecular weight excluding hydrogens is 258 g/mol. The Kier molecular flexibility index (Phi) is 2.93. The molecule has 2 aromatic heterocycles. The van der Waals surface area contributed by atoms with Crippen LogP contribution in [0.15, 0.2) is 30.7 Å². The standard InChI is InChI=1S/C14H15N3O3/c1-9-6-17(8-11(9)14(19)20)13(18)10-2-3-12-15-4-5-16(12)7-10/h2-5,7,9,11H,6,8H2,1H3,(H,19,20)/t9-,11-/m1/s1. The Morgan fingerprint density at radius 2 is 2.15 bits per heavy atom. The van der Waals surface area contributed by atoms with Gasteiger partial charge in [-0.05, 0) is 18.1 Å². The summed E-state index contributed by atoms with van der Waals surface area (Å²) in [6.45, 7) is 2.63. The summed E-state index contributed by atoms with van der Waals surface area (Å²) in [5.41, 5.74) is 1.33. The molecule has 0 saturated carbocycles. The van der Waals surface area contributed by atoms with Crippen molar-refractivity contribution in [2.45, 2.75) is 6.92 Å². The second kappa shape index (κ2) is 4.63. The SMILES string of the molecule is C[C@@H]1CN(C(=O)c2ccc3nccn3c2)C[C@H]1C(=O)O. The summed E-state index contributed by atoms with van der Waals surface area (Å²) in [5, 5.41) is 9.12. The highest BCUT2D eigenvalue weighted by molar-refractivity contribution is 5.94. The number of aromatic nitrogens is 2. The van der Waals surface area contributed by atoms with E-state index in [-0.39, 0.29) is 18.4 Å². The van der Waals surface area contributed by atoms with Crippen LogP contribution < -0.4 is 0 Å². The maximum absolute atomic E-state index is 12.4. The lowest BCUT2D eigenvalue weighted by Crippen LogP contribution is -2.30. The lowest BCUT2D eigenvalue weighted by atomic mass is 9.99. The summed E-state index contributed by atoms with van der Waals surface area (Å²) < 4.78 is 1.78. The highest BCUT2D eigenvalue weighted by atomic mass is 16.4. The van der Waals surface area contributed by atoms with Gasteiger partial charge in [-0.25, -0.2) is 4.98 Å². The van der Waals surface area contributed by atoms with Crippen molar-refractivity contribution in [3.05, 3.63) is 36.3 Å². The first-order valence-electron chi connectivity index (χ1n) is 6.51. The Morgan fingerprint density at radius 3 is 2.85 bits per heavy atom. The first-order chi connectivity index (χ1) is 9.56. The Morgan fingerprint density at radius 1 is 1.35 bits per heavy atom. The molecule has 2 aromatic rings. The fourth-order valence-corrected chi connectivity index (χ4v) is 2.68. The van der Waals surface area contributed by atoms with Crippen LogP contribution in [0, 0.1) is 11.8 Å². The zero-order valence-corrected chi connectivity index (χ0v) is 11.1. The number of fused-ring (bicyclic) bond motifs is 1. The smallest absolute Gasteiger partial charge is 0.308 e. The topological polar surface area (TPSA) is 74.9 Å². The largest absolute Gasteiger partial charge is 0.481 e. The minimum Gasteiger partial charge on any atom is -0.481 e. The number of carbonyl (C=O) groups excluding carboxylic acids is 1. The van der Waals surface area contributed by atoms with E-state index in [1.54, 1.807) is 40.0 Å². The quantitative estimate of drug-likeness (QED) is 0.890. The monoisotopic (exact) mass is 273 g/mol. The summed E-state index contributed by atoms with van der Waals surface area (Å²) in [6, 6.07) is 3.50. The second-order valence-corrected chi connectivity index (χ2v) is 5.24. The van der Waals surface area contributed by atoms with Crippen molar-refractivity contribution < 1.29 is 14.7 Å². The molecule has 3 rings (SSSR count). The molecule has 0 bridgehead atoms. The first-order valence-corrected chi connectivity index (χ1v) is 6.51. The number of hydrogen-bond donors (Lipinski definition) is 1. The number of nitrogens with zero attached hydrogens (tertiary/aromatic N) is 3. The molecule has 20 heavy (non-hydrogen) atoms. The number of aliphatic carboxylic acids is 1. The molecule has 6 nitrogen and oxygen atoms in total. The molecule has 1 amide bonds. The van der Waals surface area contributed by atoms with E-state index in [1.807, 2.05) is 6.92 Å². The fraction of sp³-hybridized carbons (Fsp3) is 0.357. The molecule has 0 aromatic carbocycles. The van der Waals surface area contributed by atoms with Crippen LogP contribution in [0.1, 0.15) is 17.3 Å². The molecule has 6 heteroatoms. The van der Waals surface area contributed by atoms with E-state index in [2.05, 4.69) is 4.98 Å². The third kappa shape index (κ3) is 2.03. The molecule has 1 fully saturated rings. The van der Waals surface area contributed by atoms with Crippen molar-refractivity contribution in [2.75, 3.05) is 13.1 Å². The molecule has 1 N–H and O–H groups in total. The van der Waals surface area contributed by atoms with E-state index in [0.29, 0.717) is 12.1 Å². The van der Waals surface area contributed by atoms with Gasteiger partial charge in [0.2, 0.25) is 0 Å². The van der Waals surface area contributed by atoms with Crippen LogP contribution in [0.3, 0.4) is 0 Å². The van der Waals surface area contributed by atoms with E-state index in [4.69, 9.17) is 5.11 Å². The van der Waals surface area contributed by atoms with Crippen LogP contribution in [0.2, 0.25) is 0 Å². The van der Waals surface area contributed by atoms with Gasteiger partial charge in [0.05, 0.1) is 11.5 Å². The number of hydrogen-bond acceptors (Lipinski definition) is 3. The van der Waals surface area contributed by atoms with Crippen molar-refractivity contribution in [2.24, 2.45) is 11.8 Å². The zero-order valence-electron chi connectivity index (χ0n) is 11.1. The number of carbonyl (C=O) groups is 2. The van der Waals surface area contributed by atoms with Gasteiger partial charge >= 0.3 is 5.97 Å². The number of likely N-dealkylation sites (tertiary alicyclic amines) is 1. The molecule has 1 saturated heterocycles. The van der Waals surface area contributed by atoms with Crippen LogP contribution in [0.4, 0.5) is 0 Å². The van der Waals surface area contributed by atoms with Crippen molar-refractivity contribution in [1.29, 1.82) is 0 Å². The van der Waals surface area contributed by atoms with E-state index in [0.717, 1.165) is 5.65 Å². The van der Waals surface area contributed by atoms with Crippen LogP contribution in [-0.2, 0) is 4.79 Å². The van der Waals surface area contributed by atoms with Gasteiger partial charge in [0.15, 0.2) is 0 Å². The fourth-order valence-electron chi connectivity index (χ4n) is 2.68. The molecule has 104 valence electrons. The van der Waals surface area contributed by atoms with Gasteiger partial charge in [-0.3, -0.25) is 9.59 Å². The molecular formula is C14H15N3O3. The highest BCUT2D eigenvalue weighted by Crippen LogP contribution is 2.24. The predicted molar refractivity (Wildman–Crippen MR) is 71.4 cm³/mol. The summed E-state index contributed by atoms with van der Waals surface area (Å²) in [5.74, 6) is -1.46. The van der Waals surface area contributed by atoms with Gasteiger partial charge in [-0.2, -0.15) is 0 Å². The second-order valence-electron chi connectivity index (χ2n) is 5.24. The molecule has 0 spiro atoms. The van der Waals surface area contributed by atoms with Crippen molar-refractivity contribution >= 4 is 17.5 Å². The van der Waals surface area contributed by atoms with Gasteiger partial charge in [-0.15, -0.1) is 0 Å². The predicted octanol–water partition coefficient (Wildman–Crippen LogP) is 1.13. The Labute approximate surface area is 115 Å². The van der Waals surface area contributed by atoms with Gasteiger partial charge in [-0.1, -0.05) is 6.92 Å². The molecule has 1 aliphatic heterocycles. The van der Waals surface area contributed by atoms with Crippen LogP contribution in [0.5, 0.6) is 0 Å². The zero-order chi connectivity index (χ0) is 14.3. The summed E-state index contributed by atoms with van der Waals surface area (Å²) in [4.78, 5) is 29.3. The van der Waals surface area contributed by atoms with Crippen molar-refractivity contribution in [3.63, 3.8) is 0 Å². The maximum atomic E-state index is 12.4. The van der Waals surface area contributed by atoms with E-state index < -0.39 is 11.9 Å². The number of carboxylic acid groups (broad SMARTS) is 1. The number of pyridine rings is 1. The van der Waals surface area contributed by atoms with Crippen molar-refractivity contribution in [1.82, 2.24) is 14.3 Å². The first kappa shape index (κ1) is 12.7. The molecule has 0 unspecified atom stereocenters. The van der Waals surface area contributed by atoms with E-state index in [9.17, 15) is 9.59 Å². The van der Waals surface area contributed by atoms with E-state index in [1.165, 1.54) is 0 Å². The number of imidazole rings is 1. The maximum Gasteiger partial charge on any atom is 0.308 e. The minimum absolute atomic E-state index is 0.0200. The van der Waals surface area contributed by atoms with Crippen LogP contribution >= 0.6 is 0 Å². The summed E-state index contributed by atoms with van der Waals surface area (Å²) in [6.07, 6.45) is 5.17. The lowest BCUT2D eigenvalue weighted by molar-refractivity contribution is -0.142. The summed E-state index contributed by atoms with van der Waals surface area (Å²) >= 11 is 0. The molecule has 0 aliphatic carbocycles. The average Bonchev–Trinajstić information content (AvgIpc) is 3.02. The minimum atomic E-state index is -0.835. The molecule has 3 heterocycles. The Bertz CT molecular complexity index is 679. The number of amides is 1. The molecule has 1 aliphatic rings. The number of rotatable bonds is 2. The highest BCUT2D eigenvalue weighted by Gasteiger charge is 2.37. The Hall–Kier alpha value is -2.37. The third-order valence-corrected chi connectivity index (χ3v) is 3.85. The Balaban J connectivity index is 1.84. The van der Waals surface area contributed by atoms with Crippen LogP contribution in [0.25, 0.3) is 5.65 Å². The van der Waals surface area contributed by atoms with Crippen molar-refractivity contribution in [3.8, 4) is 0 Å². The lowest BCUT2D eigenvalue weighted by Gasteiger charge is -2.16.